The summed E-state index contributed by atoms with van der Waals surface area (Å²) in [5, 5.41) is 8.60. The van der Waals surface area contributed by atoms with Crippen molar-refractivity contribution in [1.82, 2.24) is 4.98 Å². The Morgan fingerprint density at radius 1 is 1.71 bits per heavy atom. The summed E-state index contributed by atoms with van der Waals surface area (Å²) in [5.41, 5.74) is 0.284. The highest BCUT2D eigenvalue weighted by atomic mass is 35.5. The molecule has 14 heavy (non-hydrogen) atoms. The summed E-state index contributed by atoms with van der Waals surface area (Å²) < 4.78 is 0. The molecule has 0 saturated heterocycles. The number of carboxylic acid groups (broad SMARTS) is 1. The van der Waals surface area contributed by atoms with Crippen molar-refractivity contribution < 1.29 is 14.7 Å². The van der Waals surface area contributed by atoms with Crippen molar-refractivity contribution in [1.29, 1.82) is 0 Å². The van der Waals surface area contributed by atoms with Crippen LogP contribution in [0.1, 0.15) is 0 Å². The SMILES string of the molecule is O=CN(CC(=O)O)c1cccnc1Cl. The minimum absolute atomic E-state index is 0.0980. The van der Waals surface area contributed by atoms with Crippen molar-refractivity contribution in [2.75, 3.05) is 11.4 Å². The molecule has 0 saturated carbocycles. The summed E-state index contributed by atoms with van der Waals surface area (Å²) >= 11 is 5.68. The highest BCUT2D eigenvalue weighted by Gasteiger charge is 2.12. The molecule has 0 aliphatic heterocycles. The minimum atomic E-state index is -1.11. The van der Waals surface area contributed by atoms with E-state index >= 15 is 0 Å². The van der Waals surface area contributed by atoms with Crippen LogP contribution >= 0.6 is 11.6 Å². The van der Waals surface area contributed by atoms with Gasteiger partial charge >= 0.3 is 5.97 Å². The second-order valence-corrected chi connectivity index (χ2v) is 2.80. The second kappa shape index (κ2) is 4.57. The van der Waals surface area contributed by atoms with Crippen LogP contribution in [0.2, 0.25) is 5.15 Å². The Bertz CT molecular complexity index is 356. The number of carbonyl (C=O) groups excluding carboxylic acids is 1. The second-order valence-electron chi connectivity index (χ2n) is 2.44. The Morgan fingerprint density at radius 3 is 2.93 bits per heavy atom. The van der Waals surface area contributed by atoms with Gasteiger partial charge in [-0.25, -0.2) is 4.98 Å². The molecule has 1 heterocycles. The molecule has 0 unspecified atom stereocenters. The van der Waals surface area contributed by atoms with Gasteiger partial charge in [0.05, 0.1) is 5.69 Å². The molecule has 1 aromatic rings. The van der Waals surface area contributed by atoms with E-state index in [1.807, 2.05) is 0 Å². The molecule has 74 valence electrons. The lowest BCUT2D eigenvalue weighted by Gasteiger charge is -2.14. The maximum atomic E-state index is 10.6. The lowest BCUT2D eigenvalue weighted by molar-refractivity contribution is -0.136. The number of pyridine rings is 1. The average Bonchev–Trinajstić information content (AvgIpc) is 2.15. The van der Waals surface area contributed by atoms with Gasteiger partial charge in [0.2, 0.25) is 6.41 Å². The molecule has 6 heteroatoms. The molecule has 1 aromatic heterocycles. The first-order valence-electron chi connectivity index (χ1n) is 3.69. The van der Waals surface area contributed by atoms with Crippen molar-refractivity contribution in [2.24, 2.45) is 0 Å². The molecular weight excluding hydrogens is 208 g/mol. The van der Waals surface area contributed by atoms with Crippen molar-refractivity contribution in [3.63, 3.8) is 0 Å². The fraction of sp³-hybridized carbons (Fsp3) is 0.125. The first-order chi connectivity index (χ1) is 6.65. The van der Waals surface area contributed by atoms with Gasteiger partial charge in [0, 0.05) is 6.20 Å². The summed E-state index contributed by atoms with van der Waals surface area (Å²) in [6, 6.07) is 3.09. The maximum Gasteiger partial charge on any atom is 0.323 e. The van der Waals surface area contributed by atoms with Crippen molar-refractivity contribution >= 4 is 29.7 Å². The summed E-state index contributed by atoms with van der Waals surface area (Å²) in [5.74, 6) is -1.11. The molecule has 0 fully saturated rings. The van der Waals surface area contributed by atoms with Gasteiger partial charge in [0.25, 0.3) is 0 Å². The Labute approximate surface area is 84.9 Å². The van der Waals surface area contributed by atoms with Crippen LogP contribution in [0, 0.1) is 0 Å². The molecule has 0 bridgehead atoms. The van der Waals surface area contributed by atoms with E-state index in [4.69, 9.17) is 16.7 Å². The van der Waals surface area contributed by atoms with Crippen LogP contribution in [-0.2, 0) is 9.59 Å². The number of hydrogen-bond donors (Lipinski definition) is 1. The average molecular weight is 215 g/mol. The van der Waals surface area contributed by atoms with E-state index in [2.05, 4.69) is 4.98 Å². The highest BCUT2D eigenvalue weighted by Crippen LogP contribution is 2.21. The Kier molecular flexibility index (Phi) is 3.41. The lowest BCUT2D eigenvalue weighted by Crippen LogP contribution is -2.28. The molecule has 1 amide bonds. The summed E-state index contributed by atoms with van der Waals surface area (Å²) in [6.07, 6.45) is 1.85. The van der Waals surface area contributed by atoms with Gasteiger partial charge in [-0.1, -0.05) is 11.6 Å². The number of nitrogens with zero attached hydrogens (tertiary/aromatic N) is 2. The summed E-state index contributed by atoms with van der Waals surface area (Å²) in [7, 11) is 0. The smallest absolute Gasteiger partial charge is 0.323 e. The molecule has 0 aliphatic rings. The number of aromatic nitrogens is 1. The van der Waals surface area contributed by atoms with E-state index in [1.165, 1.54) is 12.3 Å². The van der Waals surface area contributed by atoms with E-state index in [0.29, 0.717) is 6.41 Å². The number of amides is 1. The van der Waals surface area contributed by atoms with E-state index in [0.717, 1.165) is 4.90 Å². The third-order valence-corrected chi connectivity index (χ3v) is 1.77. The fourth-order valence-electron chi connectivity index (χ4n) is 0.917. The molecule has 0 aromatic carbocycles. The number of halogens is 1. The molecule has 0 spiro atoms. The van der Waals surface area contributed by atoms with Crippen LogP contribution in [0.4, 0.5) is 5.69 Å². The lowest BCUT2D eigenvalue weighted by atomic mass is 10.4. The van der Waals surface area contributed by atoms with Gasteiger partial charge in [0.15, 0.2) is 5.15 Å². The topological polar surface area (TPSA) is 70.5 Å². The van der Waals surface area contributed by atoms with E-state index in [9.17, 15) is 9.59 Å². The van der Waals surface area contributed by atoms with Crippen molar-refractivity contribution in [3.05, 3.63) is 23.5 Å². The standard InChI is InChI=1S/C8H7ClN2O3/c9-8-6(2-1-3-10-8)11(5-12)4-7(13)14/h1-3,5H,4H2,(H,13,14). The predicted molar refractivity (Wildman–Crippen MR) is 50.3 cm³/mol. The first kappa shape index (κ1) is 10.5. The first-order valence-corrected chi connectivity index (χ1v) is 4.07. The molecular formula is C8H7ClN2O3. The summed E-state index contributed by atoms with van der Waals surface area (Å²) in [4.78, 5) is 25.7. The van der Waals surface area contributed by atoms with Crippen LogP contribution in [0.3, 0.4) is 0 Å². The van der Waals surface area contributed by atoms with Crippen LogP contribution in [0.15, 0.2) is 18.3 Å². The predicted octanol–water partition coefficient (Wildman–Crippen LogP) is 0.782. The van der Waals surface area contributed by atoms with Crippen LogP contribution in [-0.4, -0.2) is 29.0 Å². The molecule has 1 rings (SSSR count). The van der Waals surface area contributed by atoms with Gasteiger partial charge in [-0.3, -0.25) is 9.59 Å². The van der Waals surface area contributed by atoms with Crippen LogP contribution in [0.25, 0.3) is 0 Å². The Hall–Kier alpha value is -1.62. The Balaban J connectivity index is 2.94. The number of carbonyl (C=O) groups is 2. The third-order valence-electron chi connectivity index (χ3n) is 1.48. The fourth-order valence-corrected chi connectivity index (χ4v) is 1.14. The number of anilines is 1. The number of carboxylic acids is 1. The summed E-state index contributed by atoms with van der Waals surface area (Å²) in [6.45, 7) is -0.436. The monoisotopic (exact) mass is 214 g/mol. The molecule has 0 radical (unpaired) electrons. The molecule has 0 atom stereocenters. The zero-order valence-corrected chi connectivity index (χ0v) is 7.81. The minimum Gasteiger partial charge on any atom is -0.480 e. The number of rotatable bonds is 4. The van der Waals surface area contributed by atoms with Gasteiger partial charge < -0.3 is 10.0 Å². The number of hydrogen-bond acceptors (Lipinski definition) is 3. The maximum absolute atomic E-state index is 10.6. The normalized spacial score (nSPS) is 9.50. The molecule has 5 nitrogen and oxygen atoms in total. The van der Waals surface area contributed by atoms with Gasteiger partial charge in [0.1, 0.15) is 6.54 Å². The van der Waals surface area contributed by atoms with Crippen LogP contribution in [0.5, 0.6) is 0 Å². The molecule has 0 aliphatic carbocycles. The zero-order valence-electron chi connectivity index (χ0n) is 7.05. The van der Waals surface area contributed by atoms with E-state index in [1.54, 1.807) is 6.07 Å². The van der Waals surface area contributed by atoms with Crippen LogP contribution < -0.4 is 4.90 Å². The van der Waals surface area contributed by atoms with Gasteiger partial charge in [-0.05, 0) is 12.1 Å². The van der Waals surface area contributed by atoms with Crippen molar-refractivity contribution in [2.45, 2.75) is 0 Å². The molecule has 1 N–H and O–H groups in total. The van der Waals surface area contributed by atoms with E-state index < -0.39 is 12.5 Å². The van der Waals surface area contributed by atoms with Gasteiger partial charge in [-0.2, -0.15) is 0 Å². The number of aliphatic carboxylic acids is 1. The van der Waals surface area contributed by atoms with Crippen molar-refractivity contribution in [3.8, 4) is 0 Å². The quantitative estimate of drug-likeness (QED) is 0.594. The van der Waals surface area contributed by atoms with E-state index in [-0.39, 0.29) is 10.8 Å². The highest BCUT2D eigenvalue weighted by molar-refractivity contribution is 6.32. The van der Waals surface area contributed by atoms with Gasteiger partial charge in [-0.15, -0.1) is 0 Å². The Morgan fingerprint density at radius 2 is 2.43 bits per heavy atom. The largest absolute Gasteiger partial charge is 0.480 e. The third kappa shape index (κ3) is 2.43. The zero-order chi connectivity index (χ0) is 10.6.